The molecule has 1 rings (SSSR count). The number of carbonyl (C=O) groups excluding carboxylic acids is 1. The fraction of sp³-hybridized carbons (Fsp3) is 0.429. The van der Waals surface area contributed by atoms with Crippen molar-refractivity contribution in [2.24, 2.45) is 0 Å². The molecule has 134 valence electrons. The minimum absolute atomic E-state index is 0.0440. The number of rotatable bonds is 5. The van der Waals surface area contributed by atoms with E-state index in [0.717, 1.165) is 0 Å². The zero-order chi connectivity index (χ0) is 18.7. The van der Waals surface area contributed by atoms with Gasteiger partial charge in [0, 0.05) is 11.8 Å². The summed E-state index contributed by atoms with van der Waals surface area (Å²) in [6.07, 6.45) is -1.05. The van der Waals surface area contributed by atoms with Crippen LogP contribution in [0.25, 0.3) is 0 Å². The average Bonchev–Trinajstić information content (AvgIpc) is 2.41. The monoisotopic (exact) mass is 369 g/mol. The van der Waals surface area contributed by atoms with Crippen molar-refractivity contribution in [1.29, 1.82) is 0 Å². The number of hydrogen-bond donors (Lipinski definition) is 2. The SMILES string of the molecule is CC(C)(C)OC(=O)N[C@@H](CSc1c(F)c(F)cc(F)c1F)C(=O)O. The van der Waals surface area contributed by atoms with E-state index in [2.05, 4.69) is 0 Å². The molecule has 0 fully saturated rings. The summed E-state index contributed by atoms with van der Waals surface area (Å²) in [7, 11) is 0. The number of benzene rings is 1. The topological polar surface area (TPSA) is 75.6 Å². The van der Waals surface area contributed by atoms with Crippen LogP contribution in [0.4, 0.5) is 22.4 Å². The number of ether oxygens (including phenoxy) is 1. The van der Waals surface area contributed by atoms with Gasteiger partial charge in [0.25, 0.3) is 0 Å². The highest BCUT2D eigenvalue weighted by Crippen LogP contribution is 2.29. The third kappa shape index (κ3) is 5.59. The Morgan fingerprint density at radius 3 is 2.12 bits per heavy atom. The van der Waals surface area contributed by atoms with Gasteiger partial charge in [-0.15, -0.1) is 11.8 Å². The van der Waals surface area contributed by atoms with Crippen molar-refractivity contribution < 1.29 is 37.0 Å². The molecule has 0 aliphatic rings. The van der Waals surface area contributed by atoms with E-state index in [-0.39, 0.29) is 17.8 Å². The normalized spacial score (nSPS) is 12.6. The van der Waals surface area contributed by atoms with Crippen molar-refractivity contribution in [1.82, 2.24) is 5.32 Å². The van der Waals surface area contributed by atoms with E-state index in [9.17, 15) is 27.2 Å². The molecule has 1 atom stereocenters. The highest BCUT2D eigenvalue weighted by atomic mass is 32.2. The summed E-state index contributed by atoms with van der Waals surface area (Å²) in [5, 5.41) is 11.0. The Balaban J connectivity index is 2.86. The first kappa shape index (κ1) is 20.1. The number of thioether (sulfide) groups is 1. The van der Waals surface area contributed by atoms with Gasteiger partial charge in [-0.2, -0.15) is 0 Å². The van der Waals surface area contributed by atoms with Crippen LogP contribution in [0.3, 0.4) is 0 Å². The van der Waals surface area contributed by atoms with E-state index in [4.69, 9.17) is 9.84 Å². The maximum absolute atomic E-state index is 13.5. The van der Waals surface area contributed by atoms with Crippen molar-refractivity contribution in [3.63, 3.8) is 0 Å². The predicted octanol–water partition coefficient (Wildman–Crippen LogP) is 3.31. The van der Waals surface area contributed by atoms with Crippen LogP contribution in [0.15, 0.2) is 11.0 Å². The van der Waals surface area contributed by atoms with Crippen LogP contribution < -0.4 is 5.32 Å². The van der Waals surface area contributed by atoms with Crippen molar-refractivity contribution in [2.45, 2.75) is 37.3 Å². The molecule has 2 N–H and O–H groups in total. The molecule has 5 nitrogen and oxygen atoms in total. The quantitative estimate of drug-likeness (QED) is 0.473. The van der Waals surface area contributed by atoms with Crippen molar-refractivity contribution >= 4 is 23.8 Å². The van der Waals surface area contributed by atoms with Crippen LogP contribution in [-0.4, -0.2) is 34.6 Å². The molecule has 0 spiro atoms. The second-order valence-electron chi connectivity index (χ2n) is 5.65. The van der Waals surface area contributed by atoms with E-state index in [1.165, 1.54) is 0 Å². The Kier molecular flexibility index (Phi) is 6.47. The fourth-order valence-corrected chi connectivity index (χ4v) is 2.48. The smallest absolute Gasteiger partial charge is 0.408 e. The Hall–Kier alpha value is -1.97. The fourth-order valence-electron chi connectivity index (χ4n) is 1.47. The lowest BCUT2D eigenvalue weighted by Crippen LogP contribution is -2.44. The lowest BCUT2D eigenvalue weighted by Gasteiger charge is -2.22. The lowest BCUT2D eigenvalue weighted by molar-refractivity contribution is -0.138. The van der Waals surface area contributed by atoms with E-state index < -0.39 is 57.6 Å². The minimum Gasteiger partial charge on any atom is -0.480 e. The molecule has 0 aliphatic heterocycles. The molecule has 0 saturated carbocycles. The molecule has 10 heteroatoms. The van der Waals surface area contributed by atoms with Crippen LogP contribution in [-0.2, 0) is 9.53 Å². The van der Waals surface area contributed by atoms with Crippen molar-refractivity contribution in [2.75, 3.05) is 5.75 Å². The molecule has 0 aliphatic carbocycles. The van der Waals surface area contributed by atoms with Crippen LogP contribution in [0.5, 0.6) is 0 Å². The van der Waals surface area contributed by atoms with Gasteiger partial charge in [-0.25, -0.2) is 27.2 Å². The number of carboxylic acid groups (broad SMARTS) is 1. The first-order valence-electron chi connectivity index (χ1n) is 6.60. The van der Waals surface area contributed by atoms with E-state index in [1.54, 1.807) is 20.8 Å². The molecule has 1 aromatic rings. The molecule has 0 saturated heterocycles. The zero-order valence-electron chi connectivity index (χ0n) is 13.0. The molecule has 0 heterocycles. The number of halogens is 4. The molecule has 1 amide bonds. The summed E-state index contributed by atoms with van der Waals surface area (Å²) in [5.41, 5.74) is -0.885. The first-order valence-corrected chi connectivity index (χ1v) is 7.59. The largest absolute Gasteiger partial charge is 0.480 e. The number of carbonyl (C=O) groups is 2. The van der Waals surface area contributed by atoms with Crippen LogP contribution in [0.2, 0.25) is 0 Å². The van der Waals surface area contributed by atoms with Gasteiger partial charge in [-0.3, -0.25) is 0 Å². The van der Waals surface area contributed by atoms with Crippen LogP contribution in [0, 0.1) is 23.3 Å². The lowest BCUT2D eigenvalue weighted by atomic mass is 10.2. The Morgan fingerprint density at radius 2 is 1.71 bits per heavy atom. The summed E-state index contributed by atoms with van der Waals surface area (Å²) >= 11 is 0.217. The number of alkyl carbamates (subject to hydrolysis) is 1. The summed E-state index contributed by atoms with van der Waals surface area (Å²) in [6.45, 7) is 4.66. The number of hydrogen-bond acceptors (Lipinski definition) is 4. The van der Waals surface area contributed by atoms with Gasteiger partial charge < -0.3 is 15.2 Å². The van der Waals surface area contributed by atoms with Gasteiger partial charge in [0.2, 0.25) is 0 Å². The highest BCUT2D eigenvalue weighted by Gasteiger charge is 2.26. The molecule has 0 bridgehead atoms. The van der Waals surface area contributed by atoms with Gasteiger partial charge in [0.1, 0.15) is 11.6 Å². The van der Waals surface area contributed by atoms with Gasteiger partial charge in [0.15, 0.2) is 23.3 Å². The maximum Gasteiger partial charge on any atom is 0.408 e. The number of nitrogens with one attached hydrogen (secondary N) is 1. The van der Waals surface area contributed by atoms with E-state index >= 15 is 0 Å². The molecule has 24 heavy (non-hydrogen) atoms. The van der Waals surface area contributed by atoms with Crippen molar-refractivity contribution in [3.05, 3.63) is 29.3 Å². The molecular weight excluding hydrogens is 354 g/mol. The minimum atomic E-state index is -1.64. The average molecular weight is 369 g/mol. The van der Waals surface area contributed by atoms with Gasteiger partial charge in [0.05, 0.1) is 4.90 Å². The van der Waals surface area contributed by atoms with E-state index in [0.29, 0.717) is 0 Å². The third-order valence-electron chi connectivity index (χ3n) is 2.45. The van der Waals surface area contributed by atoms with Crippen molar-refractivity contribution in [3.8, 4) is 0 Å². The predicted molar refractivity (Wildman–Crippen MR) is 77.8 cm³/mol. The summed E-state index contributed by atoms with van der Waals surface area (Å²) in [4.78, 5) is 21.6. The van der Waals surface area contributed by atoms with Crippen LogP contribution >= 0.6 is 11.8 Å². The first-order chi connectivity index (χ1) is 10.9. The second-order valence-corrected chi connectivity index (χ2v) is 6.68. The molecule has 0 radical (unpaired) electrons. The maximum atomic E-state index is 13.5. The standard InChI is InChI=1S/C14H15F4NO4S/c1-14(2,3)23-13(22)19-8(12(20)21)5-24-11-9(17)6(15)4-7(16)10(11)18/h4,8H,5H2,1-3H3,(H,19,22)(H,20,21)/t8-/m0/s1. The number of carboxylic acids is 1. The second kappa shape index (κ2) is 7.73. The summed E-state index contributed by atoms with van der Waals surface area (Å²) in [5.74, 6) is -8.58. The van der Waals surface area contributed by atoms with E-state index in [1.807, 2.05) is 5.32 Å². The van der Waals surface area contributed by atoms with Crippen LogP contribution in [0.1, 0.15) is 20.8 Å². The zero-order valence-corrected chi connectivity index (χ0v) is 13.8. The number of aliphatic carboxylic acids is 1. The summed E-state index contributed by atoms with van der Waals surface area (Å²) < 4.78 is 58.1. The number of amides is 1. The highest BCUT2D eigenvalue weighted by molar-refractivity contribution is 7.99. The van der Waals surface area contributed by atoms with Gasteiger partial charge in [-0.1, -0.05) is 0 Å². The van der Waals surface area contributed by atoms with Gasteiger partial charge >= 0.3 is 12.1 Å². The molecular formula is C14H15F4NO4S. The molecule has 0 unspecified atom stereocenters. The summed E-state index contributed by atoms with van der Waals surface area (Å²) in [6, 6.07) is -1.54. The Bertz CT molecular complexity index is 622. The van der Waals surface area contributed by atoms with Gasteiger partial charge in [-0.05, 0) is 20.8 Å². The Labute approximate surface area is 139 Å². The molecule has 1 aromatic carbocycles. The third-order valence-corrected chi connectivity index (χ3v) is 3.60. The molecule has 0 aromatic heterocycles. The Morgan fingerprint density at radius 1 is 1.21 bits per heavy atom.